The number of nitrogens with zero attached hydrogens (tertiary/aromatic N) is 2. The molecule has 1 aromatic heterocycles. The standard InChI is InChI=1S/C18H22BF3N2O2/c1-12-8-13(14-9-23-24(10-14)11-18(20,21)22)6-7-15(12)19-25-16(2,3)17(4,5)26-19/h6-10H,11H2,1-5H3. The zero-order chi connectivity index (χ0) is 19.3. The van der Waals surface area contributed by atoms with Gasteiger partial charge in [-0.3, -0.25) is 4.68 Å². The van der Waals surface area contributed by atoms with Crippen molar-refractivity contribution in [2.45, 2.75) is 58.5 Å². The summed E-state index contributed by atoms with van der Waals surface area (Å²) in [4.78, 5) is 0. The molecule has 26 heavy (non-hydrogen) atoms. The number of hydrogen-bond acceptors (Lipinski definition) is 3. The maximum Gasteiger partial charge on any atom is 0.495 e. The second kappa shape index (κ2) is 6.13. The van der Waals surface area contributed by atoms with Gasteiger partial charge in [0, 0.05) is 11.8 Å². The average molecular weight is 366 g/mol. The Kier molecular flexibility index (Phi) is 4.47. The fourth-order valence-electron chi connectivity index (χ4n) is 2.87. The number of halogens is 3. The quantitative estimate of drug-likeness (QED) is 0.777. The second-order valence-electron chi connectivity index (χ2n) is 7.70. The van der Waals surface area contributed by atoms with Crippen LogP contribution in [0.2, 0.25) is 0 Å². The summed E-state index contributed by atoms with van der Waals surface area (Å²) in [6.45, 7) is 8.80. The molecule has 0 saturated carbocycles. The van der Waals surface area contributed by atoms with Crippen LogP contribution in [0, 0.1) is 6.92 Å². The Morgan fingerprint density at radius 1 is 1.08 bits per heavy atom. The molecule has 2 heterocycles. The summed E-state index contributed by atoms with van der Waals surface area (Å²) in [5.74, 6) is 0. The fraction of sp³-hybridized carbons (Fsp3) is 0.500. The molecule has 1 aliphatic heterocycles. The van der Waals surface area contributed by atoms with Gasteiger partial charge in [-0.2, -0.15) is 18.3 Å². The molecule has 0 spiro atoms. The number of rotatable bonds is 3. The topological polar surface area (TPSA) is 36.3 Å². The van der Waals surface area contributed by atoms with Gasteiger partial charge in [-0.1, -0.05) is 23.8 Å². The van der Waals surface area contributed by atoms with Crippen LogP contribution < -0.4 is 5.46 Å². The molecule has 0 bridgehead atoms. The third-order valence-corrected chi connectivity index (χ3v) is 5.08. The minimum absolute atomic E-state index is 0.429. The summed E-state index contributed by atoms with van der Waals surface area (Å²) in [6, 6.07) is 5.66. The molecule has 1 aliphatic rings. The minimum Gasteiger partial charge on any atom is -0.399 e. The maximum absolute atomic E-state index is 12.5. The highest BCUT2D eigenvalue weighted by molar-refractivity contribution is 6.62. The van der Waals surface area contributed by atoms with Gasteiger partial charge in [-0.05, 0) is 45.6 Å². The minimum atomic E-state index is -4.29. The first-order chi connectivity index (χ1) is 11.9. The summed E-state index contributed by atoms with van der Waals surface area (Å²) >= 11 is 0. The van der Waals surface area contributed by atoms with Crippen molar-refractivity contribution < 1.29 is 22.5 Å². The molecule has 2 aromatic rings. The van der Waals surface area contributed by atoms with Crippen molar-refractivity contribution in [1.29, 1.82) is 0 Å². The van der Waals surface area contributed by atoms with Gasteiger partial charge >= 0.3 is 13.3 Å². The van der Waals surface area contributed by atoms with Gasteiger partial charge < -0.3 is 9.31 Å². The van der Waals surface area contributed by atoms with Gasteiger partial charge in [0.05, 0.1) is 17.4 Å². The molecule has 3 rings (SSSR count). The van der Waals surface area contributed by atoms with Gasteiger partial charge in [-0.25, -0.2) is 0 Å². The highest BCUT2D eigenvalue weighted by atomic mass is 19.4. The van der Waals surface area contributed by atoms with Crippen molar-refractivity contribution in [2.24, 2.45) is 0 Å². The molecule has 1 saturated heterocycles. The lowest BCUT2D eigenvalue weighted by atomic mass is 9.75. The summed E-state index contributed by atoms with van der Waals surface area (Å²) < 4.78 is 50.5. The van der Waals surface area contributed by atoms with E-state index in [1.54, 1.807) is 0 Å². The lowest BCUT2D eigenvalue weighted by Crippen LogP contribution is -2.41. The molecule has 0 amide bonds. The molecule has 0 aliphatic carbocycles. The van der Waals surface area contributed by atoms with E-state index in [-0.39, 0.29) is 0 Å². The first-order valence-corrected chi connectivity index (χ1v) is 8.44. The van der Waals surface area contributed by atoms with Crippen LogP contribution >= 0.6 is 0 Å². The first-order valence-electron chi connectivity index (χ1n) is 8.44. The van der Waals surface area contributed by atoms with Crippen LogP contribution in [-0.2, 0) is 15.9 Å². The van der Waals surface area contributed by atoms with Crippen LogP contribution in [0.25, 0.3) is 11.1 Å². The Labute approximate surface area is 151 Å². The van der Waals surface area contributed by atoms with Gasteiger partial charge in [0.2, 0.25) is 0 Å². The van der Waals surface area contributed by atoms with E-state index in [1.165, 1.54) is 12.4 Å². The van der Waals surface area contributed by atoms with Gasteiger partial charge in [0.15, 0.2) is 0 Å². The molecular formula is C18H22BF3N2O2. The van der Waals surface area contributed by atoms with Crippen LogP contribution in [0.1, 0.15) is 33.3 Å². The predicted octanol–water partition coefficient (Wildman–Crippen LogP) is 3.72. The average Bonchev–Trinajstić information content (AvgIpc) is 2.99. The van der Waals surface area contributed by atoms with Crippen LogP contribution in [-0.4, -0.2) is 34.3 Å². The van der Waals surface area contributed by atoms with E-state index in [2.05, 4.69) is 5.10 Å². The largest absolute Gasteiger partial charge is 0.495 e. The van der Waals surface area contributed by atoms with Crippen LogP contribution in [0.5, 0.6) is 0 Å². The number of benzene rings is 1. The van der Waals surface area contributed by atoms with E-state index in [4.69, 9.17) is 9.31 Å². The van der Waals surface area contributed by atoms with Crippen molar-refractivity contribution in [1.82, 2.24) is 9.78 Å². The Bertz CT molecular complexity index is 799. The summed E-state index contributed by atoms with van der Waals surface area (Å²) in [6.07, 6.45) is -1.45. The fourth-order valence-corrected chi connectivity index (χ4v) is 2.87. The molecule has 0 atom stereocenters. The van der Waals surface area contributed by atoms with E-state index in [0.29, 0.717) is 5.56 Å². The van der Waals surface area contributed by atoms with Crippen LogP contribution in [0.4, 0.5) is 13.2 Å². The third-order valence-electron chi connectivity index (χ3n) is 5.08. The summed E-state index contributed by atoms with van der Waals surface area (Å²) in [5, 5.41) is 3.79. The molecule has 140 valence electrons. The normalized spacial score (nSPS) is 19.2. The monoisotopic (exact) mass is 366 g/mol. The Morgan fingerprint density at radius 2 is 1.69 bits per heavy atom. The van der Waals surface area contributed by atoms with E-state index >= 15 is 0 Å². The first kappa shape index (κ1) is 19.0. The van der Waals surface area contributed by atoms with Crippen LogP contribution in [0.15, 0.2) is 30.6 Å². The van der Waals surface area contributed by atoms with Gasteiger partial charge in [0.1, 0.15) is 6.54 Å². The zero-order valence-electron chi connectivity index (χ0n) is 15.5. The van der Waals surface area contributed by atoms with E-state index in [9.17, 15) is 13.2 Å². The van der Waals surface area contributed by atoms with Gasteiger partial charge in [-0.15, -0.1) is 0 Å². The lowest BCUT2D eigenvalue weighted by molar-refractivity contribution is -0.142. The molecule has 8 heteroatoms. The smallest absolute Gasteiger partial charge is 0.399 e. The van der Waals surface area contributed by atoms with E-state index in [0.717, 1.165) is 21.3 Å². The number of hydrogen-bond donors (Lipinski definition) is 0. The highest BCUT2D eigenvalue weighted by Gasteiger charge is 2.52. The predicted molar refractivity (Wildman–Crippen MR) is 94.2 cm³/mol. The number of aryl methyl sites for hydroxylation is 1. The highest BCUT2D eigenvalue weighted by Crippen LogP contribution is 2.36. The molecule has 1 aromatic carbocycles. The molecule has 1 fully saturated rings. The zero-order valence-corrected chi connectivity index (χ0v) is 15.5. The third kappa shape index (κ3) is 3.66. The van der Waals surface area contributed by atoms with Crippen molar-refractivity contribution in [3.05, 3.63) is 36.2 Å². The van der Waals surface area contributed by atoms with Gasteiger partial charge in [0.25, 0.3) is 0 Å². The SMILES string of the molecule is Cc1cc(-c2cnn(CC(F)(F)F)c2)ccc1B1OC(C)(C)C(C)(C)O1. The van der Waals surface area contributed by atoms with Crippen molar-refractivity contribution in [3.8, 4) is 11.1 Å². The summed E-state index contributed by atoms with van der Waals surface area (Å²) in [5.41, 5.74) is 2.44. The molecule has 4 nitrogen and oxygen atoms in total. The van der Waals surface area contributed by atoms with E-state index in [1.807, 2.05) is 52.8 Å². The molecule has 0 N–H and O–H groups in total. The second-order valence-corrected chi connectivity index (χ2v) is 7.70. The van der Waals surface area contributed by atoms with E-state index < -0.39 is 31.0 Å². The number of aromatic nitrogens is 2. The Morgan fingerprint density at radius 3 is 2.23 bits per heavy atom. The summed E-state index contributed by atoms with van der Waals surface area (Å²) in [7, 11) is -0.470. The number of alkyl halides is 3. The van der Waals surface area contributed by atoms with Crippen molar-refractivity contribution >= 4 is 12.6 Å². The Hall–Kier alpha value is -1.80. The molecule has 0 unspecified atom stereocenters. The lowest BCUT2D eigenvalue weighted by Gasteiger charge is -2.32. The molecule has 0 radical (unpaired) electrons. The van der Waals surface area contributed by atoms with Crippen molar-refractivity contribution in [3.63, 3.8) is 0 Å². The Balaban J connectivity index is 1.83. The maximum atomic E-state index is 12.5. The van der Waals surface area contributed by atoms with Crippen molar-refractivity contribution in [2.75, 3.05) is 0 Å². The van der Waals surface area contributed by atoms with Crippen LogP contribution in [0.3, 0.4) is 0 Å². The molecular weight excluding hydrogens is 344 g/mol.